The molecule has 1 N–H and O–H groups in total. The Kier molecular flexibility index (Phi) is 7.55. The van der Waals surface area contributed by atoms with Gasteiger partial charge in [0.15, 0.2) is 0 Å². The lowest BCUT2D eigenvalue weighted by Gasteiger charge is -2.42. The first kappa shape index (κ1) is 22.0. The summed E-state index contributed by atoms with van der Waals surface area (Å²) in [4.78, 5) is 14.1. The van der Waals surface area contributed by atoms with Gasteiger partial charge in [-0.05, 0) is 44.9 Å². The van der Waals surface area contributed by atoms with Crippen molar-refractivity contribution in [2.45, 2.75) is 70.7 Å². The molecule has 0 bridgehead atoms. The number of unbranched alkanes of at least 4 members (excludes halogenated alkanes) is 2. The third-order valence-electron chi connectivity index (χ3n) is 4.74. The standard InChI is InChI=1S/C21H32ClNO4/c1-5-6-7-11-21(25,16-9-8-10-17(22)14-16)18-15-23(12-13-26-18)19(24)27-20(2,3)4/h8-10,14,18,25H,5-7,11-13,15H2,1-4H3/t18-,21-/m1/s1. The Bertz CT molecular complexity index is 631. The topological polar surface area (TPSA) is 59.0 Å². The minimum Gasteiger partial charge on any atom is -0.444 e. The molecule has 152 valence electrons. The lowest BCUT2D eigenvalue weighted by atomic mass is 9.82. The quantitative estimate of drug-likeness (QED) is 0.704. The average molecular weight is 398 g/mol. The van der Waals surface area contributed by atoms with Crippen LogP contribution in [0.2, 0.25) is 5.02 Å². The molecule has 2 atom stereocenters. The highest BCUT2D eigenvalue weighted by molar-refractivity contribution is 6.30. The second kappa shape index (κ2) is 9.26. The van der Waals surface area contributed by atoms with Crippen LogP contribution in [0.5, 0.6) is 0 Å². The van der Waals surface area contributed by atoms with E-state index in [9.17, 15) is 9.90 Å². The molecule has 1 aliphatic rings. The molecule has 0 unspecified atom stereocenters. The van der Waals surface area contributed by atoms with Crippen molar-refractivity contribution in [3.63, 3.8) is 0 Å². The van der Waals surface area contributed by atoms with Crippen LogP contribution in [0, 0.1) is 0 Å². The number of hydrogen-bond acceptors (Lipinski definition) is 4. The van der Waals surface area contributed by atoms with Gasteiger partial charge < -0.3 is 19.5 Å². The summed E-state index contributed by atoms with van der Waals surface area (Å²) in [6.45, 7) is 8.75. The Morgan fingerprint density at radius 3 is 2.74 bits per heavy atom. The van der Waals surface area contributed by atoms with E-state index in [0.717, 1.165) is 24.8 Å². The second-order valence-corrected chi connectivity index (χ2v) is 8.61. The van der Waals surface area contributed by atoms with Crippen LogP contribution in [0.3, 0.4) is 0 Å². The zero-order valence-electron chi connectivity index (χ0n) is 16.8. The van der Waals surface area contributed by atoms with Crippen molar-refractivity contribution < 1.29 is 19.4 Å². The molecule has 0 spiro atoms. The van der Waals surface area contributed by atoms with Gasteiger partial charge in [0.25, 0.3) is 0 Å². The number of aliphatic hydroxyl groups is 1. The van der Waals surface area contributed by atoms with Gasteiger partial charge in [-0.3, -0.25) is 0 Å². The first-order valence-electron chi connectivity index (χ1n) is 9.73. The lowest BCUT2D eigenvalue weighted by Crippen LogP contribution is -2.55. The van der Waals surface area contributed by atoms with E-state index in [2.05, 4.69) is 6.92 Å². The number of amides is 1. The minimum atomic E-state index is -1.21. The van der Waals surface area contributed by atoms with E-state index in [4.69, 9.17) is 21.1 Å². The van der Waals surface area contributed by atoms with Gasteiger partial charge >= 0.3 is 6.09 Å². The minimum absolute atomic E-state index is 0.282. The summed E-state index contributed by atoms with van der Waals surface area (Å²) in [6, 6.07) is 7.26. The lowest BCUT2D eigenvalue weighted by molar-refractivity contribution is -0.150. The highest BCUT2D eigenvalue weighted by atomic mass is 35.5. The molecular weight excluding hydrogens is 366 g/mol. The molecule has 5 nitrogen and oxygen atoms in total. The van der Waals surface area contributed by atoms with Gasteiger partial charge in [0, 0.05) is 11.6 Å². The van der Waals surface area contributed by atoms with Crippen LogP contribution in [0.1, 0.15) is 58.9 Å². The van der Waals surface area contributed by atoms with E-state index in [-0.39, 0.29) is 12.6 Å². The molecule has 0 radical (unpaired) electrons. The molecule has 0 saturated carbocycles. The smallest absolute Gasteiger partial charge is 0.410 e. The van der Waals surface area contributed by atoms with E-state index < -0.39 is 17.3 Å². The zero-order valence-corrected chi connectivity index (χ0v) is 17.6. The van der Waals surface area contributed by atoms with Crippen molar-refractivity contribution in [3.05, 3.63) is 34.9 Å². The maximum atomic E-state index is 12.5. The number of ether oxygens (including phenoxy) is 2. The predicted molar refractivity (Wildman–Crippen MR) is 107 cm³/mol. The van der Waals surface area contributed by atoms with Gasteiger partial charge in [0.1, 0.15) is 17.3 Å². The molecule has 6 heteroatoms. The molecule has 27 heavy (non-hydrogen) atoms. The van der Waals surface area contributed by atoms with Crippen LogP contribution in [0.15, 0.2) is 24.3 Å². The SMILES string of the molecule is CCCCC[C@@](O)(c1cccc(Cl)c1)[C@H]1CN(C(=O)OC(C)(C)C)CCO1. The van der Waals surface area contributed by atoms with Gasteiger partial charge in [0.05, 0.1) is 13.2 Å². The van der Waals surface area contributed by atoms with Gasteiger partial charge in [-0.15, -0.1) is 0 Å². The second-order valence-electron chi connectivity index (χ2n) is 8.18. The molecule has 1 amide bonds. The summed E-state index contributed by atoms with van der Waals surface area (Å²) in [6.07, 6.45) is 2.58. The van der Waals surface area contributed by atoms with Gasteiger partial charge in [0.2, 0.25) is 0 Å². The largest absolute Gasteiger partial charge is 0.444 e. The monoisotopic (exact) mass is 397 g/mol. The summed E-state index contributed by atoms with van der Waals surface area (Å²) in [7, 11) is 0. The van der Waals surface area contributed by atoms with Crippen molar-refractivity contribution >= 4 is 17.7 Å². The highest BCUT2D eigenvalue weighted by Crippen LogP contribution is 2.36. The number of morpholine rings is 1. The third kappa shape index (κ3) is 6.09. The number of hydrogen-bond donors (Lipinski definition) is 1. The fourth-order valence-electron chi connectivity index (χ4n) is 3.32. The van der Waals surface area contributed by atoms with Crippen molar-refractivity contribution in [2.75, 3.05) is 19.7 Å². The first-order chi connectivity index (χ1) is 12.7. The number of nitrogens with zero attached hydrogens (tertiary/aromatic N) is 1. The van der Waals surface area contributed by atoms with Crippen molar-refractivity contribution in [2.24, 2.45) is 0 Å². The van der Waals surface area contributed by atoms with Crippen LogP contribution in [-0.2, 0) is 15.1 Å². The van der Waals surface area contributed by atoms with Crippen LogP contribution < -0.4 is 0 Å². The number of rotatable bonds is 6. The predicted octanol–water partition coefficient (Wildman–Crippen LogP) is 4.74. The summed E-state index contributed by atoms with van der Waals surface area (Å²) in [5.74, 6) is 0. The number of benzene rings is 1. The molecule has 0 aromatic heterocycles. The van der Waals surface area contributed by atoms with Gasteiger partial charge in [-0.2, -0.15) is 0 Å². The maximum absolute atomic E-state index is 12.5. The Labute approximate surface area is 167 Å². The van der Waals surface area contributed by atoms with Crippen molar-refractivity contribution in [3.8, 4) is 0 Å². The summed E-state index contributed by atoms with van der Waals surface area (Å²) in [5, 5.41) is 12.2. The zero-order chi connectivity index (χ0) is 20.1. The molecule has 1 heterocycles. The van der Waals surface area contributed by atoms with E-state index in [1.807, 2.05) is 32.9 Å². The third-order valence-corrected chi connectivity index (χ3v) is 4.97. The van der Waals surface area contributed by atoms with E-state index in [0.29, 0.717) is 24.6 Å². The number of carbonyl (C=O) groups is 1. The van der Waals surface area contributed by atoms with E-state index >= 15 is 0 Å². The summed E-state index contributed by atoms with van der Waals surface area (Å²) < 4.78 is 11.4. The van der Waals surface area contributed by atoms with E-state index in [1.54, 1.807) is 17.0 Å². The van der Waals surface area contributed by atoms with Crippen LogP contribution in [-0.4, -0.2) is 47.5 Å². The molecule has 1 aliphatic heterocycles. The Morgan fingerprint density at radius 2 is 2.11 bits per heavy atom. The Hall–Kier alpha value is -1.30. The van der Waals surface area contributed by atoms with Gasteiger partial charge in [-0.25, -0.2) is 4.79 Å². The molecule has 1 saturated heterocycles. The average Bonchev–Trinajstić information content (AvgIpc) is 2.60. The molecule has 2 rings (SSSR count). The van der Waals surface area contributed by atoms with Crippen LogP contribution in [0.25, 0.3) is 0 Å². The number of halogens is 1. The molecular formula is C21H32ClNO4. The highest BCUT2D eigenvalue weighted by Gasteiger charge is 2.43. The molecule has 1 aromatic carbocycles. The first-order valence-corrected chi connectivity index (χ1v) is 10.1. The fourth-order valence-corrected chi connectivity index (χ4v) is 3.51. The molecule has 1 aromatic rings. The number of carbonyl (C=O) groups excluding carboxylic acids is 1. The Balaban J connectivity index is 2.22. The fraction of sp³-hybridized carbons (Fsp3) is 0.667. The van der Waals surface area contributed by atoms with Crippen LogP contribution in [0.4, 0.5) is 4.79 Å². The summed E-state index contributed by atoms with van der Waals surface area (Å²) in [5.41, 5.74) is -1.04. The molecule has 0 aliphatic carbocycles. The van der Waals surface area contributed by atoms with Gasteiger partial charge in [-0.1, -0.05) is 49.9 Å². The maximum Gasteiger partial charge on any atom is 0.410 e. The Morgan fingerprint density at radius 1 is 1.37 bits per heavy atom. The van der Waals surface area contributed by atoms with E-state index in [1.165, 1.54) is 0 Å². The normalized spacial score (nSPS) is 20.2. The van der Waals surface area contributed by atoms with Crippen molar-refractivity contribution in [1.82, 2.24) is 4.90 Å². The van der Waals surface area contributed by atoms with Crippen molar-refractivity contribution in [1.29, 1.82) is 0 Å². The molecule has 1 fully saturated rings. The summed E-state index contributed by atoms with van der Waals surface area (Å²) >= 11 is 6.17. The van der Waals surface area contributed by atoms with Crippen LogP contribution >= 0.6 is 11.6 Å².